The van der Waals surface area contributed by atoms with Crippen LogP contribution in [-0.2, 0) is 0 Å². The van der Waals surface area contributed by atoms with Gasteiger partial charge in [-0.25, -0.2) is 14.8 Å². The van der Waals surface area contributed by atoms with Crippen molar-refractivity contribution in [2.24, 2.45) is 0 Å². The first kappa shape index (κ1) is 13.7. The molecular weight excluding hydrogens is 244 g/mol. The quantitative estimate of drug-likeness (QED) is 0.836. The SMILES string of the molecule is Cc1cc(C(=O)O)nc(NCC2(N(C)C)CCC2)n1. The molecule has 1 aromatic heterocycles. The molecule has 0 amide bonds. The summed E-state index contributed by atoms with van der Waals surface area (Å²) in [6.45, 7) is 2.51. The molecule has 19 heavy (non-hydrogen) atoms. The number of nitrogens with one attached hydrogen (secondary N) is 1. The lowest BCUT2D eigenvalue weighted by Crippen LogP contribution is -2.54. The van der Waals surface area contributed by atoms with Gasteiger partial charge in [-0.2, -0.15) is 0 Å². The van der Waals surface area contributed by atoms with Gasteiger partial charge in [0.05, 0.1) is 0 Å². The van der Waals surface area contributed by atoms with E-state index in [1.54, 1.807) is 6.92 Å². The molecule has 0 radical (unpaired) electrons. The third-order valence-electron chi connectivity index (χ3n) is 3.88. The monoisotopic (exact) mass is 264 g/mol. The summed E-state index contributed by atoms with van der Waals surface area (Å²) >= 11 is 0. The van der Waals surface area contributed by atoms with Crippen molar-refractivity contribution in [3.63, 3.8) is 0 Å². The average molecular weight is 264 g/mol. The smallest absolute Gasteiger partial charge is 0.354 e. The Morgan fingerprint density at radius 3 is 2.63 bits per heavy atom. The van der Waals surface area contributed by atoms with Crippen LogP contribution in [0.2, 0.25) is 0 Å². The molecule has 0 saturated heterocycles. The van der Waals surface area contributed by atoms with Gasteiger partial charge in [0.1, 0.15) is 0 Å². The Kier molecular flexibility index (Phi) is 3.71. The molecule has 0 unspecified atom stereocenters. The van der Waals surface area contributed by atoms with E-state index in [0.29, 0.717) is 11.6 Å². The molecule has 1 heterocycles. The number of aromatic nitrogens is 2. The van der Waals surface area contributed by atoms with E-state index in [2.05, 4.69) is 34.3 Å². The van der Waals surface area contributed by atoms with Crippen molar-refractivity contribution in [3.05, 3.63) is 17.5 Å². The van der Waals surface area contributed by atoms with Gasteiger partial charge in [-0.1, -0.05) is 0 Å². The first-order valence-corrected chi connectivity index (χ1v) is 6.43. The summed E-state index contributed by atoms with van der Waals surface area (Å²) in [6, 6.07) is 1.47. The van der Waals surface area contributed by atoms with E-state index in [4.69, 9.17) is 5.11 Å². The van der Waals surface area contributed by atoms with Crippen molar-refractivity contribution in [2.75, 3.05) is 26.0 Å². The molecule has 0 spiro atoms. The van der Waals surface area contributed by atoms with Crippen molar-refractivity contribution >= 4 is 11.9 Å². The van der Waals surface area contributed by atoms with Crippen LogP contribution in [-0.4, -0.2) is 52.1 Å². The van der Waals surface area contributed by atoms with E-state index in [9.17, 15) is 4.79 Å². The third-order valence-corrected chi connectivity index (χ3v) is 3.88. The number of anilines is 1. The highest BCUT2D eigenvalue weighted by molar-refractivity contribution is 5.85. The maximum atomic E-state index is 11.0. The van der Waals surface area contributed by atoms with Gasteiger partial charge in [0.2, 0.25) is 5.95 Å². The highest BCUT2D eigenvalue weighted by Gasteiger charge is 2.38. The zero-order valence-electron chi connectivity index (χ0n) is 11.6. The molecule has 2 N–H and O–H groups in total. The zero-order valence-corrected chi connectivity index (χ0v) is 11.6. The summed E-state index contributed by atoms with van der Waals surface area (Å²) in [5.41, 5.74) is 0.834. The molecule has 0 bridgehead atoms. The van der Waals surface area contributed by atoms with Gasteiger partial charge in [0, 0.05) is 17.8 Å². The fourth-order valence-electron chi connectivity index (χ4n) is 2.37. The second-order valence-electron chi connectivity index (χ2n) is 5.35. The Morgan fingerprint density at radius 2 is 2.16 bits per heavy atom. The number of carboxylic acids is 1. The van der Waals surface area contributed by atoms with Crippen LogP contribution >= 0.6 is 0 Å². The number of hydrogen-bond acceptors (Lipinski definition) is 5. The molecule has 1 aliphatic carbocycles. The normalized spacial score (nSPS) is 17.1. The van der Waals surface area contributed by atoms with Crippen LogP contribution in [0.4, 0.5) is 5.95 Å². The van der Waals surface area contributed by atoms with Crippen LogP contribution in [0.5, 0.6) is 0 Å². The standard InChI is InChI=1S/C13H20N4O2/c1-9-7-10(11(18)19)16-12(15-9)14-8-13(17(2)3)5-4-6-13/h7H,4-6,8H2,1-3H3,(H,18,19)(H,14,15,16). The minimum atomic E-state index is -1.03. The minimum Gasteiger partial charge on any atom is -0.477 e. The van der Waals surface area contributed by atoms with Crippen LogP contribution < -0.4 is 5.32 Å². The number of aryl methyl sites for hydroxylation is 1. The van der Waals surface area contributed by atoms with Crippen LogP contribution in [0.1, 0.15) is 35.4 Å². The largest absolute Gasteiger partial charge is 0.477 e. The van der Waals surface area contributed by atoms with Crippen molar-refractivity contribution in [2.45, 2.75) is 31.7 Å². The average Bonchev–Trinajstić information content (AvgIpc) is 2.26. The number of nitrogens with zero attached hydrogens (tertiary/aromatic N) is 3. The van der Waals surface area contributed by atoms with Crippen molar-refractivity contribution in [3.8, 4) is 0 Å². The number of hydrogen-bond donors (Lipinski definition) is 2. The van der Waals surface area contributed by atoms with Crippen molar-refractivity contribution in [1.29, 1.82) is 0 Å². The molecule has 104 valence electrons. The fourth-order valence-corrected chi connectivity index (χ4v) is 2.37. The van der Waals surface area contributed by atoms with Gasteiger partial charge in [-0.05, 0) is 46.3 Å². The van der Waals surface area contributed by atoms with Gasteiger partial charge in [0.25, 0.3) is 0 Å². The molecule has 1 saturated carbocycles. The third kappa shape index (κ3) is 2.84. The summed E-state index contributed by atoms with van der Waals surface area (Å²) in [6.07, 6.45) is 3.52. The van der Waals surface area contributed by atoms with Crippen molar-refractivity contribution < 1.29 is 9.90 Å². The molecule has 6 heteroatoms. The summed E-state index contributed by atoms with van der Waals surface area (Å²) in [7, 11) is 4.14. The van der Waals surface area contributed by atoms with Gasteiger partial charge in [-0.15, -0.1) is 0 Å². The zero-order chi connectivity index (χ0) is 14.0. The molecule has 0 aromatic carbocycles. The van der Waals surface area contributed by atoms with Crippen molar-refractivity contribution in [1.82, 2.24) is 14.9 Å². The second-order valence-corrected chi connectivity index (χ2v) is 5.35. The number of likely N-dealkylation sites (N-methyl/N-ethyl adjacent to an activating group) is 1. The molecular formula is C13H20N4O2. The predicted octanol–water partition coefficient (Wildman–Crippen LogP) is 1.38. The summed E-state index contributed by atoms with van der Waals surface area (Å²) in [4.78, 5) is 21.4. The molecule has 0 aliphatic heterocycles. The van der Waals surface area contributed by atoms with Crippen LogP contribution in [0, 0.1) is 6.92 Å². The molecule has 1 fully saturated rings. The fraction of sp³-hybridized carbons (Fsp3) is 0.615. The topological polar surface area (TPSA) is 78.3 Å². The van der Waals surface area contributed by atoms with Gasteiger partial charge in [-0.3, -0.25) is 0 Å². The van der Waals surface area contributed by atoms with Crippen LogP contribution in [0.25, 0.3) is 0 Å². The van der Waals surface area contributed by atoms with E-state index in [1.807, 2.05) is 0 Å². The van der Waals surface area contributed by atoms with Gasteiger partial charge < -0.3 is 15.3 Å². The van der Waals surface area contributed by atoms with E-state index in [1.165, 1.54) is 12.5 Å². The van der Waals surface area contributed by atoms with Crippen LogP contribution in [0.15, 0.2) is 6.07 Å². The minimum absolute atomic E-state index is 0.0301. The first-order valence-electron chi connectivity index (χ1n) is 6.43. The van der Waals surface area contributed by atoms with Crippen LogP contribution in [0.3, 0.4) is 0 Å². The predicted molar refractivity (Wildman–Crippen MR) is 72.5 cm³/mol. The number of carbonyl (C=O) groups is 1. The van der Waals surface area contributed by atoms with Gasteiger partial charge >= 0.3 is 5.97 Å². The lowest BCUT2D eigenvalue weighted by Gasteiger charge is -2.47. The molecule has 0 atom stereocenters. The Morgan fingerprint density at radius 1 is 1.47 bits per heavy atom. The molecule has 1 aromatic rings. The lowest BCUT2D eigenvalue weighted by atomic mass is 9.75. The molecule has 1 aliphatic rings. The molecule has 2 rings (SSSR count). The Labute approximate surface area is 112 Å². The Hall–Kier alpha value is -1.69. The highest BCUT2D eigenvalue weighted by atomic mass is 16.4. The van der Waals surface area contributed by atoms with E-state index < -0.39 is 5.97 Å². The van der Waals surface area contributed by atoms with Gasteiger partial charge in [0.15, 0.2) is 5.69 Å². The lowest BCUT2D eigenvalue weighted by molar-refractivity contribution is 0.0690. The highest BCUT2D eigenvalue weighted by Crippen LogP contribution is 2.35. The van der Waals surface area contributed by atoms with E-state index in [0.717, 1.165) is 19.4 Å². The first-order chi connectivity index (χ1) is 8.93. The van der Waals surface area contributed by atoms with E-state index >= 15 is 0 Å². The second kappa shape index (κ2) is 5.13. The summed E-state index contributed by atoms with van der Waals surface area (Å²) in [5.74, 6) is -0.634. The summed E-state index contributed by atoms with van der Waals surface area (Å²) < 4.78 is 0. The Bertz CT molecular complexity index is 484. The number of carboxylic acid groups (broad SMARTS) is 1. The number of rotatable bonds is 5. The molecule has 6 nitrogen and oxygen atoms in total. The summed E-state index contributed by atoms with van der Waals surface area (Å²) in [5, 5.41) is 12.2. The number of aromatic carboxylic acids is 1. The Balaban J connectivity index is 2.09. The maximum absolute atomic E-state index is 11.0. The van der Waals surface area contributed by atoms with E-state index in [-0.39, 0.29) is 11.2 Å². The maximum Gasteiger partial charge on any atom is 0.354 e.